The summed E-state index contributed by atoms with van der Waals surface area (Å²) >= 11 is 7.17. The van der Waals surface area contributed by atoms with Gasteiger partial charge >= 0.3 is 17.9 Å². The molecule has 0 spiro atoms. The summed E-state index contributed by atoms with van der Waals surface area (Å²) < 4.78 is 7.23. The van der Waals surface area contributed by atoms with Crippen LogP contribution in [0.2, 0.25) is 0 Å². The van der Waals surface area contributed by atoms with E-state index in [2.05, 4.69) is 126 Å². The van der Waals surface area contributed by atoms with Crippen molar-refractivity contribution in [3.05, 3.63) is 103 Å². The van der Waals surface area contributed by atoms with Crippen molar-refractivity contribution in [3.8, 4) is 0 Å². The number of aliphatic carboxylic acids is 3. The minimum absolute atomic E-state index is 0.0198. The molecule has 0 heterocycles. The molecule has 10 nitrogen and oxygen atoms in total. The highest BCUT2D eigenvalue weighted by molar-refractivity contribution is 7.80. The molecular weight excluding hydrogens is 973 g/mol. The third kappa shape index (κ3) is 17.4. The van der Waals surface area contributed by atoms with Crippen LogP contribution in [0.5, 0.6) is 0 Å². The van der Waals surface area contributed by atoms with Gasteiger partial charge in [-0.3, -0.25) is 14.4 Å². The summed E-state index contributed by atoms with van der Waals surface area (Å²) in [5.74, 6) is -3.60. The van der Waals surface area contributed by atoms with Crippen LogP contribution in [0.3, 0.4) is 0 Å². The van der Waals surface area contributed by atoms with Gasteiger partial charge in [0.2, 0.25) is 0 Å². The SMILES string of the molecule is CCCCCCCCCCCCC(c1c(C(C)C)cc(CCC(=O)O)cc1C(C)C)C(C(=S)OCC(CO)(CO)CO)(c1c(C(C)C)cc(CCC(=O)O)cc1C(C)C)c1c(C(C)C)cc(CCC(=O)O)cc1C(C)C. The third-order valence-electron chi connectivity index (χ3n) is 15.8. The first-order valence-corrected chi connectivity index (χ1v) is 29.4. The van der Waals surface area contributed by atoms with E-state index in [-0.39, 0.29) is 66.4 Å². The topological polar surface area (TPSA) is 182 Å². The summed E-state index contributed by atoms with van der Waals surface area (Å²) in [6, 6.07) is 13.1. The summed E-state index contributed by atoms with van der Waals surface area (Å²) in [4.78, 5) is 36.7. The van der Waals surface area contributed by atoms with Crippen molar-refractivity contribution in [2.45, 2.75) is 246 Å². The molecule has 0 aliphatic carbocycles. The molecule has 426 valence electrons. The zero-order valence-corrected chi connectivity index (χ0v) is 49.9. The third-order valence-corrected chi connectivity index (χ3v) is 16.2. The number of carboxylic acids is 3. The fraction of sp³-hybridized carbons (Fsp3) is 0.662. The van der Waals surface area contributed by atoms with Gasteiger partial charge in [-0.1, -0.05) is 191 Å². The molecule has 0 aliphatic rings. The summed E-state index contributed by atoms with van der Waals surface area (Å²) in [5, 5.41) is 63.1. The Balaban J connectivity index is 2.97. The van der Waals surface area contributed by atoms with E-state index in [1.54, 1.807) is 0 Å². The van der Waals surface area contributed by atoms with Crippen molar-refractivity contribution in [2.24, 2.45) is 5.41 Å². The molecule has 0 radical (unpaired) electrons. The Morgan fingerprint density at radius 1 is 0.474 bits per heavy atom. The first-order chi connectivity index (χ1) is 35.9. The summed E-state index contributed by atoms with van der Waals surface area (Å²) in [7, 11) is 0. The van der Waals surface area contributed by atoms with E-state index in [0.29, 0.717) is 25.7 Å². The fourth-order valence-electron chi connectivity index (χ4n) is 11.4. The largest absolute Gasteiger partial charge is 0.485 e. The Labute approximate surface area is 463 Å². The second-order valence-corrected chi connectivity index (χ2v) is 24.3. The van der Waals surface area contributed by atoms with E-state index in [1.807, 2.05) is 0 Å². The van der Waals surface area contributed by atoms with E-state index in [1.165, 1.54) is 38.5 Å². The maximum absolute atomic E-state index is 12.3. The zero-order chi connectivity index (χ0) is 57.1. The Bertz CT molecular complexity index is 2160. The lowest BCUT2D eigenvalue weighted by molar-refractivity contribution is -0.138. The second-order valence-electron chi connectivity index (χ2n) is 24.0. The molecule has 3 aromatic rings. The minimum Gasteiger partial charge on any atom is -0.485 e. The molecule has 1 atom stereocenters. The van der Waals surface area contributed by atoms with Gasteiger partial charge in [-0.15, -0.1) is 0 Å². The number of hydrogen-bond acceptors (Lipinski definition) is 8. The monoisotopic (exact) mass is 1070 g/mol. The van der Waals surface area contributed by atoms with Gasteiger partial charge in [0.1, 0.15) is 6.61 Å². The van der Waals surface area contributed by atoms with Gasteiger partial charge in [-0.2, -0.15) is 0 Å². The average Bonchev–Trinajstić information content (AvgIpc) is 3.36. The number of hydrogen-bond donors (Lipinski definition) is 6. The minimum atomic E-state index is -1.45. The van der Waals surface area contributed by atoms with Crippen LogP contribution in [0.25, 0.3) is 0 Å². The quantitative estimate of drug-likeness (QED) is 0.0241. The lowest BCUT2D eigenvalue weighted by atomic mass is 9.54. The van der Waals surface area contributed by atoms with Crippen LogP contribution < -0.4 is 0 Å². The predicted octanol–water partition coefficient (Wildman–Crippen LogP) is 15.2. The van der Waals surface area contributed by atoms with E-state index in [9.17, 15) is 45.0 Å². The number of aryl methyl sites for hydroxylation is 3. The zero-order valence-electron chi connectivity index (χ0n) is 49.1. The molecule has 0 fully saturated rings. The van der Waals surface area contributed by atoms with Crippen LogP contribution in [0.15, 0.2) is 36.4 Å². The number of carbonyl (C=O) groups is 3. The van der Waals surface area contributed by atoms with Crippen LogP contribution >= 0.6 is 12.2 Å². The second kappa shape index (κ2) is 31.4. The molecule has 0 saturated heterocycles. The highest BCUT2D eigenvalue weighted by Gasteiger charge is 2.54. The molecule has 0 bridgehead atoms. The standard InChI is InChI=1S/C65H100O10S/c1-14-15-16-17-18-19-20-21-22-23-24-56(60-50(41(2)3)31-47(25-28-57(69)70)32-51(60)42(4)5)65(63(76)75-40-64(37-66,38-67)39-68,61-52(43(6)7)33-48(26-29-58(71)72)34-53(61)44(8)9)62-54(45(10)11)35-49(27-30-59(73)74)36-55(62)46(12)13/h31-36,41-46,56,66-68H,14-30,37-40H2,1-13H3,(H,69,70)(H,71,72)(H,73,74). The molecule has 6 N–H and O–H groups in total. The molecule has 0 aromatic heterocycles. The number of aliphatic hydroxyl groups is 3. The Hall–Kier alpha value is -4.16. The number of thiocarbonyl (C=S) groups is 1. The highest BCUT2D eigenvalue weighted by atomic mass is 32.1. The van der Waals surface area contributed by atoms with Crippen molar-refractivity contribution in [1.29, 1.82) is 0 Å². The normalized spacial score (nSPS) is 12.8. The summed E-state index contributed by atoms with van der Waals surface area (Å²) in [6.07, 6.45) is 12.9. The smallest absolute Gasteiger partial charge is 0.303 e. The van der Waals surface area contributed by atoms with E-state index < -0.39 is 54.5 Å². The maximum Gasteiger partial charge on any atom is 0.303 e. The van der Waals surface area contributed by atoms with Gasteiger partial charge in [-0.25, -0.2) is 0 Å². The molecule has 11 heteroatoms. The van der Waals surface area contributed by atoms with Crippen molar-refractivity contribution in [1.82, 2.24) is 0 Å². The van der Waals surface area contributed by atoms with Gasteiger partial charge in [0.05, 0.1) is 30.7 Å². The molecule has 76 heavy (non-hydrogen) atoms. The Morgan fingerprint density at radius 2 is 0.763 bits per heavy atom. The number of rotatable bonds is 36. The van der Waals surface area contributed by atoms with Crippen LogP contribution in [-0.2, 0) is 43.8 Å². The van der Waals surface area contributed by atoms with Crippen LogP contribution in [0.4, 0.5) is 0 Å². The van der Waals surface area contributed by atoms with Gasteiger partial charge in [0, 0.05) is 25.2 Å². The molecule has 0 aliphatic heterocycles. The molecule has 0 saturated carbocycles. The predicted molar refractivity (Wildman–Crippen MR) is 314 cm³/mol. The van der Waals surface area contributed by atoms with Gasteiger partial charge in [-0.05, 0) is 140 Å². The maximum atomic E-state index is 12.3. The molecule has 0 amide bonds. The number of aliphatic hydroxyl groups excluding tert-OH is 3. The van der Waals surface area contributed by atoms with Crippen LogP contribution in [-0.4, -0.2) is 80.0 Å². The Kier molecular flexibility index (Phi) is 27.4. The highest BCUT2D eigenvalue weighted by Crippen LogP contribution is 2.58. The number of carboxylic acid groups (broad SMARTS) is 3. The Morgan fingerprint density at radius 3 is 1.04 bits per heavy atom. The van der Waals surface area contributed by atoms with E-state index >= 15 is 0 Å². The first kappa shape index (κ1) is 66.1. The summed E-state index contributed by atoms with van der Waals surface area (Å²) in [6.45, 7) is 26.4. The molecular formula is C65H100O10S. The molecule has 1 unspecified atom stereocenters. The van der Waals surface area contributed by atoms with Gasteiger partial charge < -0.3 is 35.4 Å². The van der Waals surface area contributed by atoms with Crippen molar-refractivity contribution in [3.63, 3.8) is 0 Å². The van der Waals surface area contributed by atoms with Crippen molar-refractivity contribution < 1.29 is 49.8 Å². The van der Waals surface area contributed by atoms with Crippen LogP contribution in [0, 0.1) is 5.41 Å². The number of ether oxygens (including phenoxy) is 1. The molecule has 3 aromatic carbocycles. The average molecular weight is 1070 g/mol. The molecule has 3 rings (SSSR count). The van der Waals surface area contributed by atoms with Crippen LogP contribution in [0.1, 0.15) is 288 Å². The van der Waals surface area contributed by atoms with E-state index in [4.69, 9.17) is 17.0 Å². The summed E-state index contributed by atoms with van der Waals surface area (Å²) in [5.41, 5.74) is 9.19. The fourth-order valence-corrected chi connectivity index (χ4v) is 11.8. The first-order valence-electron chi connectivity index (χ1n) is 29.0. The lowest BCUT2D eigenvalue weighted by Gasteiger charge is -2.49. The van der Waals surface area contributed by atoms with Gasteiger partial charge in [0.25, 0.3) is 0 Å². The lowest BCUT2D eigenvalue weighted by Crippen LogP contribution is -2.49. The van der Waals surface area contributed by atoms with Crippen molar-refractivity contribution in [2.75, 3.05) is 26.4 Å². The van der Waals surface area contributed by atoms with Gasteiger partial charge in [0.15, 0.2) is 5.05 Å². The number of benzene rings is 3. The van der Waals surface area contributed by atoms with E-state index in [0.717, 1.165) is 92.4 Å². The van der Waals surface area contributed by atoms with Crippen molar-refractivity contribution >= 4 is 35.2 Å². The number of unbranched alkanes of at least 4 members (excludes halogenated alkanes) is 9.